The summed E-state index contributed by atoms with van der Waals surface area (Å²) in [6.07, 6.45) is 1.98. The summed E-state index contributed by atoms with van der Waals surface area (Å²) >= 11 is 6.97. The summed E-state index contributed by atoms with van der Waals surface area (Å²) < 4.78 is 62.5. The van der Waals surface area contributed by atoms with E-state index in [1.54, 1.807) is 32.0 Å². The molecule has 0 bridgehead atoms. The van der Waals surface area contributed by atoms with Crippen LogP contribution in [0.3, 0.4) is 0 Å². The van der Waals surface area contributed by atoms with Crippen molar-refractivity contribution in [1.29, 1.82) is 0 Å². The van der Waals surface area contributed by atoms with E-state index in [4.69, 9.17) is 13.9 Å². The van der Waals surface area contributed by atoms with Gasteiger partial charge < -0.3 is 13.9 Å². The monoisotopic (exact) mass is 672 g/mol. The minimum Gasteiger partial charge on any atom is -0.493 e. The highest BCUT2D eigenvalue weighted by molar-refractivity contribution is 9.11. The highest BCUT2D eigenvalue weighted by atomic mass is 79.9. The fourth-order valence-corrected chi connectivity index (χ4v) is 6.39. The first-order valence-electron chi connectivity index (χ1n) is 11.1. The molecule has 0 radical (unpaired) electrons. The van der Waals surface area contributed by atoms with Gasteiger partial charge in [0.2, 0.25) is 21.8 Å². The number of hydrogen-bond acceptors (Lipinski definition) is 9. The number of benzene rings is 1. The topological polar surface area (TPSA) is 134 Å². The van der Waals surface area contributed by atoms with Crippen LogP contribution in [0.25, 0.3) is 17.3 Å². The molecule has 0 aliphatic rings. The van der Waals surface area contributed by atoms with Gasteiger partial charge in [-0.2, -0.15) is 0 Å². The first-order chi connectivity index (χ1) is 18.0. The Hall–Kier alpha value is -3.04. The predicted molar refractivity (Wildman–Crippen MR) is 145 cm³/mol. The number of nitrogens with zero attached hydrogens (tertiary/aromatic N) is 5. The van der Waals surface area contributed by atoms with Crippen LogP contribution in [-0.2, 0) is 10.0 Å². The Morgan fingerprint density at radius 3 is 2.18 bits per heavy atom. The molecule has 1 aromatic carbocycles. The van der Waals surface area contributed by atoms with Crippen LogP contribution in [0.4, 0.5) is 10.3 Å². The van der Waals surface area contributed by atoms with Crippen molar-refractivity contribution in [3.05, 3.63) is 56.9 Å². The van der Waals surface area contributed by atoms with Crippen LogP contribution < -0.4 is 14.2 Å². The molecule has 0 aliphatic carbocycles. The van der Waals surface area contributed by atoms with Gasteiger partial charge in [-0.25, -0.2) is 22.8 Å². The minimum atomic E-state index is -4.11. The molecular formula is C23H23Br2FN6O5S. The number of rotatable bonds is 9. The Bertz CT molecular complexity index is 1550. The highest BCUT2D eigenvalue weighted by Crippen LogP contribution is 2.46. The van der Waals surface area contributed by atoms with E-state index in [1.165, 1.54) is 25.7 Å². The van der Waals surface area contributed by atoms with Crippen molar-refractivity contribution in [3.8, 4) is 28.8 Å². The Balaban J connectivity index is 1.88. The van der Waals surface area contributed by atoms with E-state index in [2.05, 4.69) is 56.7 Å². The molecule has 1 N–H and O–H groups in total. The van der Waals surface area contributed by atoms with Crippen LogP contribution in [-0.4, -0.2) is 52.6 Å². The maximum absolute atomic E-state index is 13.5. The zero-order valence-corrected chi connectivity index (χ0v) is 24.8. The Morgan fingerprint density at radius 1 is 1.05 bits per heavy atom. The molecule has 2 unspecified atom stereocenters. The molecule has 4 rings (SSSR count). The summed E-state index contributed by atoms with van der Waals surface area (Å²) in [6.45, 7) is 4.90. The Kier molecular flexibility index (Phi) is 8.09. The van der Waals surface area contributed by atoms with Gasteiger partial charge in [0.1, 0.15) is 17.3 Å². The van der Waals surface area contributed by atoms with Gasteiger partial charge in [0, 0.05) is 5.92 Å². The van der Waals surface area contributed by atoms with Gasteiger partial charge in [-0.05, 0) is 63.9 Å². The van der Waals surface area contributed by atoms with Crippen molar-refractivity contribution >= 4 is 47.8 Å². The maximum Gasteiger partial charge on any atom is 0.243 e. The Morgan fingerprint density at radius 2 is 1.66 bits per heavy atom. The summed E-state index contributed by atoms with van der Waals surface area (Å²) in [4.78, 5) is 7.86. The van der Waals surface area contributed by atoms with Gasteiger partial charge in [0.15, 0.2) is 23.1 Å². The molecule has 3 heterocycles. The summed E-state index contributed by atoms with van der Waals surface area (Å²) in [5, 5.41) is 7.33. The van der Waals surface area contributed by atoms with Gasteiger partial charge >= 0.3 is 0 Å². The fourth-order valence-electron chi connectivity index (χ4n) is 3.70. The van der Waals surface area contributed by atoms with Crippen LogP contribution >= 0.6 is 31.9 Å². The number of ether oxygens (including phenoxy) is 2. The van der Waals surface area contributed by atoms with E-state index < -0.39 is 27.0 Å². The molecule has 15 heteroatoms. The van der Waals surface area contributed by atoms with E-state index in [1.807, 2.05) is 0 Å². The molecule has 0 saturated heterocycles. The number of sulfonamides is 1. The number of aryl methyl sites for hydroxylation is 1. The van der Waals surface area contributed by atoms with Crippen LogP contribution in [0.2, 0.25) is 0 Å². The van der Waals surface area contributed by atoms with Crippen LogP contribution in [0.5, 0.6) is 11.5 Å². The first-order valence-corrected chi connectivity index (χ1v) is 14.2. The number of hydrogen-bond donors (Lipinski definition) is 1. The van der Waals surface area contributed by atoms with Crippen LogP contribution in [0.15, 0.2) is 44.0 Å². The van der Waals surface area contributed by atoms with E-state index in [0.29, 0.717) is 37.7 Å². The first kappa shape index (κ1) is 28.0. The molecule has 0 spiro atoms. The lowest BCUT2D eigenvalue weighted by molar-refractivity contribution is 0.388. The third-order valence-electron chi connectivity index (χ3n) is 5.85. The molecule has 4 aromatic rings. The number of aromatic nitrogens is 5. The average Bonchev–Trinajstić information content (AvgIpc) is 3.48. The minimum absolute atomic E-state index is 0.144. The van der Waals surface area contributed by atoms with Crippen LogP contribution in [0, 0.1) is 12.7 Å². The summed E-state index contributed by atoms with van der Waals surface area (Å²) in [5.41, 5.74) is 0.311. The number of furan rings is 1. The van der Waals surface area contributed by atoms with Crippen LogP contribution in [0.1, 0.15) is 31.4 Å². The second kappa shape index (κ2) is 11.0. The normalized spacial score (nSPS) is 13.3. The zero-order chi connectivity index (χ0) is 27.8. The molecular weight excluding hydrogens is 651 g/mol. The van der Waals surface area contributed by atoms with Crippen molar-refractivity contribution in [2.24, 2.45) is 0 Å². The molecule has 38 heavy (non-hydrogen) atoms. The molecule has 3 aromatic heterocycles. The molecule has 11 nitrogen and oxygen atoms in total. The lowest BCUT2D eigenvalue weighted by atomic mass is 10.1. The van der Waals surface area contributed by atoms with Gasteiger partial charge in [-0.3, -0.25) is 9.29 Å². The van der Waals surface area contributed by atoms with Gasteiger partial charge in [-0.15, -0.1) is 10.2 Å². The van der Waals surface area contributed by atoms with Crippen molar-refractivity contribution < 1.29 is 26.7 Å². The van der Waals surface area contributed by atoms with Crippen molar-refractivity contribution in [3.63, 3.8) is 0 Å². The maximum atomic E-state index is 13.5. The number of halogens is 3. The van der Waals surface area contributed by atoms with Gasteiger partial charge in [0.05, 0.1) is 40.8 Å². The van der Waals surface area contributed by atoms with Crippen molar-refractivity contribution in [1.82, 2.24) is 24.7 Å². The van der Waals surface area contributed by atoms with Gasteiger partial charge in [-0.1, -0.05) is 6.92 Å². The second-order valence-corrected chi connectivity index (χ2v) is 12.0. The smallest absolute Gasteiger partial charge is 0.243 e. The summed E-state index contributed by atoms with van der Waals surface area (Å²) in [7, 11) is -1.17. The second-order valence-electron chi connectivity index (χ2n) is 8.25. The number of anilines is 1. The molecule has 0 amide bonds. The van der Waals surface area contributed by atoms with Gasteiger partial charge in [0.25, 0.3) is 0 Å². The third kappa shape index (κ3) is 5.27. The van der Waals surface area contributed by atoms with E-state index >= 15 is 0 Å². The SMILES string of the molecule is COc1c(Br)cc(Br)c(OC)c1-n1c(NS(=O)(=O)C(C)C(C)c2ncc(F)cn2)nnc1-c1ccc(C)o1. The zero-order valence-electron chi connectivity index (χ0n) is 20.9. The van der Waals surface area contributed by atoms with Crippen molar-refractivity contribution in [2.45, 2.75) is 31.9 Å². The molecule has 0 fully saturated rings. The molecule has 202 valence electrons. The number of nitrogens with one attached hydrogen (secondary N) is 1. The average molecular weight is 674 g/mol. The molecule has 0 saturated carbocycles. The highest BCUT2D eigenvalue weighted by Gasteiger charge is 2.33. The van der Waals surface area contributed by atoms with E-state index in [-0.39, 0.29) is 17.6 Å². The number of methoxy groups -OCH3 is 2. The standard InChI is InChI=1S/C23H23Br2FN6O5S/c1-11-6-7-17(37-11)22-29-30-23(32(22)18-19(35-4)15(24)8-16(25)20(18)36-5)31-38(33,34)13(3)12(2)21-27-9-14(26)10-28-21/h6-10,12-13H,1-5H3,(H,30,31). The Labute approximate surface area is 235 Å². The third-order valence-corrected chi connectivity index (χ3v) is 8.88. The summed E-state index contributed by atoms with van der Waals surface area (Å²) in [6, 6.07) is 5.17. The quantitative estimate of drug-likeness (QED) is 0.253. The largest absolute Gasteiger partial charge is 0.493 e. The van der Waals surface area contributed by atoms with E-state index in [9.17, 15) is 12.8 Å². The molecule has 2 atom stereocenters. The van der Waals surface area contributed by atoms with E-state index in [0.717, 1.165) is 12.4 Å². The fraction of sp³-hybridized carbons (Fsp3) is 0.304. The van der Waals surface area contributed by atoms with Crippen molar-refractivity contribution in [2.75, 3.05) is 18.9 Å². The predicted octanol–water partition coefficient (Wildman–Crippen LogP) is 5.24. The lowest BCUT2D eigenvalue weighted by Crippen LogP contribution is -2.31. The lowest BCUT2D eigenvalue weighted by Gasteiger charge is -2.22. The molecule has 0 aliphatic heterocycles. The summed E-state index contributed by atoms with van der Waals surface area (Å²) in [5.74, 6) is 0.542.